The average molecular weight is 280 g/mol. The van der Waals surface area contributed by atoms with Gasteiger partial charge in [0.2, 0.25) is 0 Å². The first-order chi connectivity index (χ1) is 10.1. The SMILES string of the molecule is Cc1cc2nc(-c3ccc(N)cc3)n(CCN)c2cc1C. The molecule has 0 saturated carbocycles. The van der Waals surface area contributed by atoms with Crippen LogP contribution in [0, 0.1) is 13.8 Å². The molecule has 108 valence electrons. The van der Waals surface area contributed by atoms with E-state index >= 15 is 0 Å². The smallest absolute Gasteiger partial charge is 0.141 e. The number of imidazole rings is 1. The van der Waals surface area contributed by atoms with E-state index in [1.54, 1.807) is 0 Å². The van der Waals surface area contributed by atoms with E-state index in [0.717, 1.165) is 34.7 Å². The molecule has 4 N–H and O–H groups in total. The van der Waals surface area contributed by atoms with Crippen LogP contribution in [-0.4, -0.2) is 16.1 Å². The third-order valence-electron chi connectivity index (χ3n) is 3.89. The number of rotatable bonds is 3. The zero-order chi connectivity index (χ0) is 15.0. The maximum absolute atomic E-state index is 5.78. The maximum Gasteiger partial charge on any atom is 0.141 e. The van der Waals surface area contributed by atoms with Crippen LogP contribution >= 0.6 is 0 Å². The van der Waals surface area contributed by atoms with Crippen molar-refractivity contribution in [3.8, 4) is 11.4 Å². The van der Waals surface area contributed by atoms with Crippen molar-refractivity contribution in [1.29, 1.82) is 0 Å². The lowest BCUT2D eigenvalue weighted by Crippen LogP contribution is -2.11. The van der Waals surface area contributed by atoms with E-state index in [-0.39, 0.29) is 0 Å². The number of nitrogen functional groups attached to an aromatic ring is 1. The van der Waals surface area contributed by atoms with E-state index in [4.69, 9.17) is 16.5 Å². The summed E-state index contributed by atoms with van der Waals surface area (Å²) in [6.45, 7) is 5.57. The molecule has 4 nitrogen and oxygen atoms in total. The number of nitrogens with zero attached hydrogens (tertiary/aromatic N) is 2. The largest absolute Gasteiger partial charge is 0.399 e. The highest BCUT2D eigenvalue weighted by molar-refractivity contribution is 5.82. The second-order valence-electron chi connectivity index (χ2n) is 5.42. The van der Waals surface area contributed by atoms with E-state index in [0.29, 0.717) is 6.54 Å². The Morgan fingerprint density at radius 2 is 1.71 bits per heavy atom. The molecule has 21 heavy (non-hydrogen) atoms. The fourth-order valence-corrected chi connectivity index (χ4v) is 2.59. The zero-order valence-corrected chi connectivity index (χ0v) is 12.4. The predicted octanol–water partition coefficient (Wildman–Crippen LogP) is 2.86. The van der Waals surface area contributed by atoms with Gasteiger partial charge in [-0.25, -0.2) is 4.98 Å². The molecule has 2 aromatic carbocycles. The van der Waals surface area contributed by atoms with Gasteiger partial charge in [-0.2, -0.15) is 0 Å². The second-order valence-corrected chi connectivity index (χ2v) is 5.42. The standard InChI is InChI=1S/C17H20N4/c1-11-9-15-16(10-12(11)2)21(8-7-18)17(20-15)13-3-5-14(19)6-4-13/h3-6,9-10H,7-8,18-19H2,1-2H3. The number of aryl methyl sites for hydroxylation is 2. The number of nitrogens with two attached hydrogens (primary N) is 2. The maximum atomic E-state index is 5.78. The van der Waals surface area contributed by atoms with Crippen molar-refractivity contribution in [2.45, 2.75) is 20.4 Å². The van der Waals surface area contributed by atoms with E-state index in [1.165, 1.54) is 11.1 Å². The lowest BCUT2D eigenvalue weighted by Gasteiger charge is -2.08. The van der Waals surface area contributed by atoms with Gasteiger partial charge in [0, 0.05) is 24.3 Å². The Bertz CT molecular complexity index is 785. The molecule has 0 atom stereocenters. The molecule has 0 amide bonds. The minimum absolute atomic E-state index is 0.584. The van der Waals surface area contributed by atoms with Crippen molar-refractivity contribution >= 4 is 16.7 Å². The van der Waals surface area contributed by atoms with Gasteiger partial charge in [0.1, 0.15) is 5.82 Å². The molecule has 0 radical (unpaired) electrons. The minimum Gasteiger partial charge on any atom is -0.399 e. The molecule has 0 bridgehead atoms. The molecule has 0 unspecified atom stereocenters. The van der Waals surface area contributed by atoms with Gasteiger partial charge >= 0.3 is 0 Å². The summed E-state index contributed by atoms with van der Waals surface area (Å²) in [5, 5.41) is 0. The lowest BCUT2D eigenvalue weighted by atomic mass is 10.1. The van der Waals surface area contributed by atoms with E-state index in [1.807, 2.05) is 24.3 Å². The first kappa shape index (κ1) is 13.6. The normalized spacial score (nSPS) is 11.2. The van der Waals surface area contributed by atoms with Gasteiger partial charge in [-0.15, -0.1) is 0 Å². The van der Waals surface area contributed by atoms with E-state index in [2.05, 4.69) is 30.5 Å². The molecule has 1 aromatic heterocycles. The number of benzene rings is 2. The van der Waals surface area contributed by atoms with Crippen LogP contribution in [0.2, 0.25) is 0 Å². The topological polar surface area (TPSA) is 69.9 Å². The van der Waals surface area contributed by atoms with Crippen LogP contribution in [0.1, 0.15) is 11.1 Å². The third kappa shape index (κ3) is 2.38. The molecule has 0 aliphatic carbocycles. The number of hydrogen-bond acceptors (Lipinski definition) is 3. The lowest BCUT2D eigenvalue weighted by molar-refractivity contribution is 0.735. The highest BCUT2D eigenvalue weighted by Gasteiger charge is 2.13. The Kier molecular flexibility index (Phi) is 3.39. The van der Waals surface area contributed by atoms with Crippen molar-refractivity contribution in [2.24, 2.45) is 5.73 Å². The van der Waals surface area contributed by atoms with E-state index < -0.39 is 0 Å². The van der Waals surface area contributed by atoms with Gasteiger partial charge in [-0.1, -0.05) is 0 Å². The first-order valence-corrected chi connectivity index (χ1v) is 7.13. The first-order valence-electron chi connectivity index (χ1n) is 7.13. The summed E-state index contributed by atoms with van der Waals surface area (Å²) in [4.78, 5) is 4.80. The molecular formula is C17H20N4. The van der Waals surface area contributed by atoms with Gasteiger partial charge < -0.3 is 16.0 Å². The summed E-state index contributed by atoms with van der Waals surface area (Å²) in [6, 6.07) is 12.1. The highest BCUT2D eigenvalue weighted by Crippen LogP contribution is 2.27. The Balaban J connectivity index is 2.25. The summed E-state index contributed by atoms with van der Waals surface area (Å²) in [7, 11) is 0. The summed E-state index contributed by atoms with van der Waals surface area (Å²) in [6.07, 6.45) is 0. The van der Waals surface area contributed by atoms with Crippen molar-refractivity contribution in [1.82, 2.24) is 9.55 Å². The van der Waals surface area contributed by atoms with Gasteiger partial charge in [0.25, 0.3) is 0 Å². The number of anilines is 1. The fraction of sp³-hybridized carbons (Fsp3) is 0.235. The van der Waals surface area contributed by atoms with Crippen molar-refractivity contribution in [3.05, 3.63) is 47.5 Å². The Morgan fingerprint density at radius 1 is 1.05 bits per heavy atom. The molecule has 0 saturated heterocycles. The van der Waals surface area contributed by atoms with Crippen LogP contribution in [-0.2, 0) is 6.54 Å². The molecule has 0 fully saturated rings. The molecule has 0 aliphatic heterocycles. The summed E-state index contributed by atoms with van der Waals surface area (Å²) >= 11 is 0. The highest BCUT2D eigenvalue weighted by atomic mass is 15.1. The summed E-state index contributed by atoms with van der Waals surface area (Å²) in [5.74, 6) is 0.945. The molecule has 0 aliphatic rings. The van der Waals surface area contributed by atoms with Crippen LogP contribution in [0.15, 0.2) is 36.4 Å². The molecule has 4 heteroatoms. The zero-order valence-electron chi connectivity index (χ0n) is 12.4. The monoisotopic (exact) mass is 280 g/mol. The van der Waals surface area contributed by atoms with Crippen molar-refractivity contribution < 1.29 is 0 Å². The van der Waals surface area contributed by atoms with Gasteiger partial charge in [0.05, 0.1) is 11.0 Å². The summed E-state index contributed by atoms with van der Waals surface area (Å²) < 4.78 is 2.19. The average Bonchev–Trinajstić information content (AvgIpc) is 2.79. The van der Waals surface area contributed by atoms with Gasteiger partial charge in [-0.05, 0) is 61.4 Å². The van der Waals surface area contributed by atoms with Crippen LogP contribution in [0.3, 0.4) is 0 Å². The Labute approximate surface area is 124 Å². The molecular weight excluding hydrogens is 260 g/mol. The van der Waals surface area contributed by atoms with Crippen LogP contribution in [0.5, 0.6) is 0 Å². The van der Waals surface area contributed by atoms with Gasteiger partial charge in [-0.3, -0.25) is 0 Å². The van der Waals surface area contributed by atoms with Crippen LogP contribution in [0.25, 0.3) is 22.4 Å². The molecule has 1 heterocycles. The molecule has 3 rings (SSSR count). The number of aromatic nitrogens is 2. The Hall–Kier alpha value is -2.33. The molecule has 3 aromatic rings. The minimum atomic E-state index is 0.584. The predicted molar refractivity (Wildman–Crippen MR) is 88.1 cm³/mol. The van der Waals surface area contributed by atoms with Crippen molar-refractivity contribution in [3.63, 3.8) is 0 Å². The summed E-state index contributed by atoms with van der Waals surface area (Å²) in [5.41, 5.74) is 18.0. The quantitative estimate of drug-likeness (QED) is 0.725. The van der Waals surface area contributed by atoms with Crippen molar-refractivity contribution in [2.75, 3.05) is 12.3 Å². The van der Waals surface area contributed by atoms with Crippen LogP contribution < -0.4 is 11.5 Å². The van der Waals surface area contributed by atoms with E-state index in [9.17, 15) is 0 Å². The number of fused-ring (bicyclic) bond motifs is 1. The molecule has 0 spiro atoms. The van der Waals surface area contributed by atoms with Gasteiger partial charge in [0.15, 0.2) is 0 Å². The van der Waals surface area contributed by atoms with Crippen LogP contribution in [0.4, 0.5) is 5.69 Å². The second kappa shape index (κ2) is 5.22. The third-order valence-corrected chi connectivity index (χ3v) is 3.89. The number of hydrogen-bond donors (Lipinski definition) is 2. The fourth-order valence-electron chi connectivity index (χ4n) is 2.59. The Morgan fingerprint density at radius 3 is 2.38 bits per heavy atom.